The van der Waals surface area contributed by atoms with Crippen LogP contribution in [0.5, 0.6) is 0 Å². The maximum atomic E-state index is 12.2. The van der Waals surface area contributed by atoms with Gasteiger partial charge in [-0.1, -0.05) is 0 Å². The number of anilines is 1. The first kappa shape index (κ1) is 18.8. The van der Waals surface area contributed by atoms with Crippen molar-refractivity contribution in [3.63, 3.8) is 0 Å². The molecule has 0 saturated carbocycles. The average molecular weight is 478 g/mol. The molecule has 9 heteroatoms. The van der Waals surface area contributed by atoms with Crippen LogP contribution in [0.25, 0.3) is 11.3 Å². The summed E-state index contributed by atoms with van der Waals surface area (Å²) in [6.07, 6.45) is 0. The number of hydrogen-bond donors (Lipinski definition) is 1. The molecule has 1 amide bonds. The molecule has 4 nitrogen and oxygen atoms in total. The van der Waals surface area contributed by atoms with E-state index >= 15 is 0 Å². The Labute approximate surface area is 169 Å². The SMILES string of the molecule is O=C(CSc1[se]nnc1-c1ccc(Cl)c(Cl)c1)Nc1ccccc1Cl. The molecule has 0 unspecified atom stereocenters. The molecule has 25 heavy (non-hydrogen) atoms. The number of aromatic nitrogens is 2. The molecule has 3 rings (SSSR count). The summed E-state index contributed by atoms with van der Waals surface area (Å²) >= 11 is 19.3. The van der Waals surface area contributed by atoms with Crippen molar-refractivity contribution in [1.29, 1.82) is 0 Å². The molecular weight excluding hydrogens is 468 g/mol. The maximum absolute atomic E-state index is 12.2. The van der Waals surface area contributed by atoms with Gasteiger partial charge < -0.3 is 0 Å². The fourth-order valence-corrected chi connectivity index (χ4v) is 4.94. The number of para-hydroxylation sites is 1. The van der Waals surface area contributed by atoms with Gasteiger partial charge in [0.25, 0.3) is 0 Å². The quantitative estimate of drug-likeness (QED) is 0.420. The van der Waals surface area contributed by atoms with E-state index in [0.29, 0.717) is 20.8 Å². The zero-order valence-electron chi connectivity index (χ0n) is 12.5. The second-order valence-electron chi connectivity index (χ2n) is 4.85. The van der Waals surface area contributed by atoms with Gasteiger partial charge in [-0.05, 0) is 0 Å². The average Bonchev–Trinajstić information content (AvgIpc) is 3.06. The van der Waals surface area contributed by atoms with Crippen LogP contribution in [-0.2, 0) is 4.79 Å². The summed E-state index contributed by atoms with van der Waals surface area (Å²) < 4.78 is 5.09. The molecule has 0 fully saturated rings. The third kappa shape index (κ3) is 4.79. The van der Waals surface area contributed by atoms with Gasteiger partial charge in [0.1, 0.15) is 0 Å². The summed E-state index contributed by atoms with van der Waals surface area (Å²) in [4.78, 5) is 12.2. The molecule has 0 aliphatic rings. The zero-order chi connectivity index (χ0) is 17.8. The minimum atomic E-state index is -0.142. The summed E-state index contributed by atoms with van der Waals surface area (Å²) in [6.45, 7) is 0. The molecule has 0 saturated heterocycles. The molecule has 0 bridgehead atoms. The van der Waals surface area contributed by atoms with Crippen molar-refractivity contribution < 1.29 is 4.79 Å². The molecule has 0 atom stereocenters. The Morgan fingerprint density at radius 2 is 1.88 bits per heavy atom. The Hall–Kier alpha value is -1.01. The number of benzene rings is 2. The number of nitrogens with zero attached hydrogens (tertiary/aromatic N) is 2. The summed E-state index contributed by atoms with van der Waals surface area (Å²) in [5.41, 5.74) is 2.18. The van der Waals surface area contributed by atoms with Gasteiger partial charge in [0.05, 0.1) is 0 Å². The summed E-state index contributed by atoms with van der Waals surface area (Å²) in [5.74, 6) is 0.111. The van der Waals surface area contributed by atoms with Crippen LogP contribution >= 0.6 is 46.6 Å². The van der Waals surface area contributed by atoms with Crippen molar-refractivity contribution in [2.24, 2.45) is 0 Å². The van der Waals surface area contributed by atoms with Crippen molar-refractivity contribution in [2.75, 3.05) is 11.1 Å². The number of hydrogen-bond acceptors (Lipinski definition) is 4. The number of carbonyl (C=O) groups is 1. The van der Waals surface area contributed by atoms with Crippen molar-refractivity contribution >= 4 is 72.9 Å². The van der Waals surface area contributed by atoms with Crippen LogP contribution in [0.3, 0.4) is 0 Å². The van der Waals surface area contributed by atoms with Crippen molar-refractivity contribution in [3.8, 4) is 11.3 Å². The summed E-state index contributed by atoms with van der Waals surface area (Å²) in [5, 5.41) is 8.44. The van der Waals surface area contributed by atoms with Crippen LogP contribution in [-0.4, -0.2) is 35.6 Å². The van der Waals surface area contributed by atoms with Crippen LogP contribution in [0.15, 0.2) is 46.2 Å². The first-order chi connectivity index (χ1) is 12.0. The topological polar surface area (TPSA) is 54.9 Å². The Morgan fingerprint density at radius 3 is 2.64 bits per heavy atom. The zero-order valence-corrected chi connectivity index (χ0v) is 17.3. The van der Waals surface area contributed by atoms with Gasteiger partial charge in [-0.2, -0.15) is 0 Å². The van der Waals surface area contributed by atoms with Gasteiger partial charge in [-0.15, -0.1) is 0 Å². The van der Waals surface area contributed by atoms with Gasteiger partial charge in [0.2, 0.25) is 0 Å². The second kappa shape index (κ2) is 8.58. The molecule has 0 aliphatic heterocycles. The van der Waals surface area contributed by atoms with E-state index in [0.717, 1.165) is 15.0 Å². The van der Waals surface area contributed by atoms with Crippen molar-refractivity contribution in [2.45, 2.75) is 3.77 Å². The van der Waals surface area contributed by atoms with E-state index in [1.807, 2.05) is 18.2 Å². The van der Waals surface area contributed by atoms with E-state index in [4.69, 9.17) is 34.8 Å². The van der Waals surface area contributed by atoms with Crippen LogP contribution in [0, 0.1) is 0 Å². The standard InChI is InChI=1S/C16H10Cl3N3OSSe/c17-10-6-5-9(7-12(10)19)15-16(25-22-21-15)24-8-14(23)20-13-4-2-1-3-11(13)18/h1-7H,8H2,(H,20,23). The molecule has 1 heterocycles. The third-order valence-corrected chi connectivity index (χ3v) is 7.29. The molecule has 0 aliphatic carbocycles. The Kier molecular flexibility index (Phi) is 6.44. The van der Waals surface area contributed by atoms with E-state index in [1.165, 1.54) is 11.8 Å². The number of rotatable bonds is 5. The van der Waals surface area contributed by atoms with Gasteiger partial charge in [0, 0.05) is 0 Å². The predicted molar refractivity (Wildman–Crippen MR) is 105 cm³/mol. The number of thioether (sulfide) groups is 1. The van der Waals surface area contributed by atoms with Crippen LogP contribution in [0.4, 0.5) is 5.69 Å². The number of carbonyl (C=O) groups excluding carboxylic acids is 1. The van der Waals surface area contributed by atoms with Gasteiger partial charge in [0.15, 0.2) is 0 Å². The van der Waals surface area contributed by atoms with E-state index < -0.39 is 0 Å². The van der Waals surface area contributed by atoms with Crippen LogP contribution in [0.2, 0.25) is 15.1 Å². The van der Waals surface area contributed by atoms with Crippen LogP contribution < -0.4 is 5.32 Å². The van der Waals surface area contributed by atoms with Crippen molar-refractivity contribution in [3.05, 3.63) is 57.5 Å². The molecule has 3 aromatic rings. The fourth-order valence-electron chi connectivity index (χ4n) is 1.98. The molecule has 2 aromatic carbocycles. The van der Waals surface area contributed by atoms with E-state index in [-0.39, 0.29) is 26.4 Å². The molecule has 0 radical (unpaired) electrons. The minimum absolute atomic E-state index is 0.137. The summed E-state index contributed by atoms with van der Waals surface area (Å²) in [7, 11) is 0. The fraction of sp³-hybridized carbons (Fsp3) is 0.0625. The molecule has 128 valence electrons. The molecular formula is C16H10Cl3N3OSSe. The van der Waals surface area contributed by atoms with E-state index in [9.17, 15) is 4.79 Å². The second-order valence-corrected chi connectivity index (χ2v) is 9.23. The number of nitrogens with one attached hydrogen (secondary N) is 1. The Balaban J connectivity index is 1.68. The van der Waals surface area contributed by atoms with Crippen molar-refractivity contribution in [1.82, 2.24) is 9.19 Å². The molecule has 0 spiro atoms. The van der Waals surface area contributed by atoms with E-state index in [2.05, 4.69) is 14.5 Å². The Bertz CT molecular complexity index is 919. The Morgan fingerprint density at radius 1 is 1.08 bits per heavy atom. The van der Waals surface area contributed by atoms with Crippen LogP contribution in [0.1, 0.15) is 0 Å². The van der Waals surface area contributed by atoms with Gasteiger partial charge in [-0.25, -0.2) is 0 Å². The third-order valence-electron chi connectivity index (χ3n) is 3.13. The first-order valence-electron chi connectivity index (χ1n) is 6.99. The first-order valence-corrected chi connectivity index (χ1v) is 10.7. The number of amides is 1. The number of halogens is 3. The summed E-state index contributed by atoms with van der Waals surface area (Å²) in [6, 6.07) is 12.4. The molecule has 1 aromatic heterocycles. The molecule has 1 N–H and O–H groups in total. The monoisotopic (exact) mass is 477 g/mol. The normalized spacial score (nSPS) is 10.7. The van der Waals surface area contributed by atoms with Gasteiger partial charge >= 0.3 is 171 Å². The van der Waals surface area contributed by atoms with Gasteiger partial charge in [-0.3, -0.25) is 0 Å². The predicted octanol–water partition coefficient (Wildman–Crippen LogP) is 4.89. The van der Waals surface area contributed by atoms with E-state index in [1.54, 1.807) is 24.3 Å².